The maximum absolute atomic E-state index is 12.8. The summed E-state index contributed by atoms with van der Waals surface area (Å²) in [5.74, 6) is -0.836. The number of rotatable bonds is 52. The van der Waals surface area contributed by atoms with Gasteiger partial charge in [0.25, 0.3) is 0 Å². The molecule has 0 saturated heterocycles. The molecule has 0 aliphatic carbocycles. The first-order chi connectivity index (χ1) is 37.0. The lowest BCUT2D eigenvalue weighted by Crippen LogP contribution is -2.37. The Bertz CT molecular complexity index is 1790. The molecule has 9 nitrogen and oxygen atoms in total. The molecule has 0 fully saturated rings. The number of esters is 2. The zero-order valence-corrected chi connectivity index (χ0v) is 49.6. The number of quaternary nitrogens is 1. The van der Waals surface area contributed by atoms with Crippen LogP contribution in [0.3, 0.4) is 0 Å². The van der Waals surface area contributed by atoms with Gasteiger partial charge in [-0.2, -0.15) is 0 Å². The molecule has 76 heavy (non-hydrogen) atoms. The van der Waals surface area contributed by atoms with Gasteiger partial charge in [0.2, 0.25) is 0 Å². The number of nitrogens with zero attached hydrogens (tertiary/aromatic N) is 1. The highest BCUT2D eigenvalue weighted by Gasteiger charge is 2.27. The maximum atomic E-state index is 12.8. The molecular weight excluding hydrogens is 966 g/mol. The third-order valence-electron chi connectivity index (χ3n) is 11.9. The zero-order valence-electron chi connectivity index (χ0n) is 48.7. The van der Waals surface area contributed by atoms with Crippen LogP contribution in [0.1, 0.15) is 206 Å². The molecule has 0 radical (unpaired) electrons. The second-order valence-corrected chi connectivity index (χ2v) is 21.7. The highest BCUT2D eigenvalue weighted by atomic mass is 31.2. The normalized spacial score (nSPS) is 14.3. The van der Waals surface area contributed by atoms with Crippen LogP contribution in [0.25, 0.3) is 0 Å². The van der Waals surface area contributed by atoms with Crippen molar-refractivity contribution in [1.29, 1.82) is 0 Å². The van der Waals surface area contributed by atoms with Crippen molar-refractivity contribution in [3.8, 4) is 0 Å². The van der Waals surface area contributed by atoms with Gasteiger partial charge in [0.05, 0.1) is 27.7 Å². The van der Waals surface area contributed by atoms with Crippen LogP contribution in [0.5, 0.6) is 0 Å². The van der Waals surface area contributed by atoms with Crippen molar-refractivity contribution in [3.63, 3.8) is 0 Å². The molecule has 0 rings (SSSR count). The summed E-state index contributed by atoms with van der Waals surface area (Å²) in [6.45, 7) is 4.15. The highest BCUT2D eigenvalue weighted by Crippen LogP contribution is 2.43. The number of likely N-dealkylation sites (N-methyl/N-ethyl adjacent to an activating group) is 1. The molecule has 0 bridgehead atoms. The van der Waals surface area contributed by atoms with Crippen molar-refractivity contribution in [2.24, 2.45) is 0 Å². The van der Waals surface area contributed by atoms with Gasteiger partial charge in [0, 0.05) is 12.8 Å². The van der Waals surface area contributed by atoms with Gasteiger partial charge in [-0.15, -0.1) is 0 Å². The van der Waals surface area contributed by atoms with E-state index < -0.39 is 32.5 Å². The van der Waals surface area contributed by atoms with Crippen molar-refractivity contribution in [2.75, 3.05) is 47.5 Å². The van der Waals surface area contributed by atoms with Gasteiger partial charge >= 0.3 is 19.8 Å². The lowest BCUT2D eigenvalue weighted by atomic mass is 10.1. The first-order valence-corrected chi connectivity index (χ1v) is 31.1. The molecular formula is C66H109NO8P+. The molecule has 10 heteroatoms. The summed E-state index contributed by atoms with van der Waals surface area (Å²) in [6.07, 6.45) is 82.1. The Morgan fingerprint density at radius 1 is 0.408 bits per heavy atom. The quantitative estimate of drug-likeness (QED) is 0.0211. The molecule has 0 aromatic rings. The van der Waals surface area contributed by atoms with Gasteiger partial charge in [0.15, 0.2) is 6.10 Å². The van der Waals surface area contributed by atoms with Crippen molar-refractivity contribution in [3.05, 3.63) is 146 Å². The van der Waals surface area contributed by atoms with Crippen LogP contribution in [-0.2, 0) is 32.7 Å². The Balaban J connectivity index is 4.16. The Morgan fingerprint density at radius 2 is 0.711 bits per heavy atom. The topological polar surface area (TPSA) is 108 Å². The standard InChI is InChI=1S/C66H108NO8P/c1-6-8-10-12-14-16-18-20-22-23-24-25-26-27-28-29-30-31-32-33-34-35-36-37-38-39-40-41-42-43-45-47-49-51-53-55-57-59-66(69)75-64(63-74-76(70,71)73-61-60-67(3,4)5)62-72-65(68)58-56-54-52-50-48-46-44-21-19-17-15-13-11-9-7-2/h8-11,14-17,20-22,24-25,27-28,30-31,33-34,36-37,39-40,44,64H,6-7,12-13,18-19,23,26,29,32,35,38,41-43,45-63H2,1-5H3/p+1/b10-8-,11-9-,16-14-,17-15-,22-20-,25-24-,28-27-,31-30-,34-33-,37-36-,40-39-,44-21-. The zero-order chi connectivity index (χ0) is 55.6. The highest BCUT2D eigenvalue weighted by molar-refractivity contribution is 7.47. The minimum Gasteiger partial charge on any atom is -0.462 e. The average Bonchev–Trinajstić information content (AvgIpc) is 3.38. The molecule has 0 aromatic heterocycles. The van der Waals surface area contributed by atoms with E-state index >= 15 is 0 Å². The molecule has 2 atom stereocenters. The van der Waals surface area contributed by atoms with Crippen LogP contribution < -0.4 is 0 Å². The number of carbonyl (C=O) groups is 2. The van der Waals surface area contributed by atoms with E-state index in [1.165, 1.54) is 32.1 Å². The Labute approximate surface area is 465 Å². The summed E-state index contributed by atoms with van der Waals surface area (Å²) in [7, 11) is 1.44. The number of ether oxygens (including phenoxy) is 2. The molecule has 2 unspecified atom stereocenters. The Morgan fingerprint density at radius 3 is 1.05 bits per heavy atom. The van der Waals surface area contributed by atoms with E-state index in [1.807, 2.05) is 21.1 Å². The van der Waals surface area contributed by atoms with Gasteiger partial charge in [-0.3, -0.25) is 18.6 Å². The summed E-state index contributed by atoms with van der Waals surface area (Å²) in [5, 5.41) is 0. The van der Waals surface area contributed by atoms with E-state index in [0.717, 1.165) is 135 Å². The van der Waals surface area contributed by atoms with E-state index in [4.69, 9.17) is 18.5 Å². The average molecular weight is 1080 g/mol. The molecule has 0 saturated carbocycles. The van der Waals surface area contributed by atoms with Gasteiger partial charge in [0.1, 0.15) is 19.8 Å². The van der Waals surface area contributed by atoms with Crippen molar-refractivity contribution >= 4 is 19.8 Å². The minimum atomic E-state index is -4.40. The van der Waals surface area contributed by atoms with Crippen LogP contribution in [-0.4, -0.2) is 74.9 Å². The molecule has 0 amide bonds. The lowest BCUT2D eigenvalue weighted by Gasteiger charge is -2.24. The van der Waals surface area contributed by atoms with Gasteiger partial charge in [-0.1, -0.05) is 224 Å². The Kier molecular flexibility index (Phi) is 52.6. The monoisotopic (exact) mass is 1070 g/mol. The fraction of sp³-hybridized carbons (Fsp3) is 0.606. The number of hydrogen-bond acceptors (Lipinski definition) is 7. The predicted molar refractivity (Wildman–Crippen MR) is 325 cm³/mol. The first kappa shape index (κ1) is 71.9. The number of phosphoric ester groups is 1. The first-order valence-electron chi connectivity index (χ1n) is 29.6. The summed E-state index contributed by atoms with van der Waals surface area (Å²) in [6, 6.07) is 0. The number of hydrogen-bond donors (Lipinski definition) is 1. The maximum Gasteiger partial charge on any atom is 0.472 e. The fourth-order valence-corrected chi connectivity index (χ4v) is 8.12. The third kappa shape index (κ3) is 59.1. The van der Waals surface area contributed by atoms with Crippen LogP contribution in [0.4, 0.5) is 0 Å². The van der Waals surface area contributed by atoms with E-state index in [0.29, 0.717) is 23.9 Å². The molecule has 0 aliphatic heterocycles. The smallest absolute Gasteiger partial charge is 0.462 e. The van der Waals surface area contributed by atoms with E-state index in [1.54, 1.807) is 0 Å². The molecule has 0 aliphatic rings. The second kappa shape index (κ2) is 55.6. The molecule has 430 valence electrons. The van der Waals surface area contributed by atoms with Crippen LogP contribution in [0.2, 0.25) is 0 Å². The number of phosphoric acid groups is 1. The minimum absolute atomic E-state index is 0.0197. The largest absolute Gasteiger partial charge is 0.472 e. The van der Waals surface area contributed by atoms with E-state index in [9.17, 15) is 19.0 Å². The van der Waals surface area contributed by atoms with Crippen LogP contribution >= 0.6 is 7.82 Å². The summed E-state index contributed by atoms with van der Waals surface area (Å²) < 4.78 is 34.5. The molecule has 1 N–H and O–H groups in total. The van der Waals surface area contributed by atoms with Gasteiger partial charge in [-0.05, 0) is 116 Å². The van der Waals surface area contributed by atoms with Crippen molar-refractivity contribution < 1.29 is 42.1 Å². The second-order valence-electron chi connectivity index (χ2n) is 20.3. The van der Waals surface area contributed by atoms with Crippen LogP contribution in [0.15, 0.2) is 146 Å². The van der Waals surface area contributed by atoms with Crippen molar-refractivity contribution in [1.82, 2.24) is 0 Å². The fourth-order valence-electron chi connectivity index (χ4n) is 7.37. The predicted octanol–water partition coefficient (Wildman–Crippen LogP) is 18.7. The molecule has 0 aromatic carbocycles. The summed E-state index contributed by atoms with van der Waals surface area (Å²) in [5.41, 5.74) is 0. The number of unbranched alkanes of at least 4 members (excludes halogenated alkanes) is 14. The molecule has 0 heterocycles. The summed E-state index contributed by atoms with van der Waals surface area (Å²) >= 11 is 0. The van der Waals surface area contributed by atoms with Crippen LogP contribution in [0, 0.1) is 0 Å². The third-order valence-corrected chi connectivity index (χ3v) is 12.8. The van der Waals surface area contributed by atoms with Crippen molar-refractivity contribution in [2.45, 2.75) is 213 Å². The Hall–Kier alpha value is -4.11. The van der Waals surface area contributed by atoms with Gasteiger partial charge in [-0.25, -0.2) is 4.57 Å². The molecule has 0 spiro atoms. The van der Waals surface area contributed by atoms with E-state index in [2.05, 4.69) is 160 Å². The number of carbonyl (C=O) groups excluding carboxylic acids is 2. The summed E-state index contributed by atoms with van der Waals surface area (Å²) in [4.78, 5) is 35.6. The lowest BCUT2D eigenvalue weighted by molar-refractivity contribution is -0.870. The number of allylic oxidation sites excluding steroid dienone is 24. The SMILES string of the molecule is CC/C=C\C/C=C\C/C=C\C/C=C\C/C=C\C/C=C\C/C=C\C/C=C\C/C=C\CCCCCCCCCCCC(=O)OC(COC(=O)CCCCCCC/C=C\C/C=C\C/C=C\CC)COP(=O)(O)OCC[N+](C)(C)C. The van der Waals surface area contributed by atoms with Gasteiger partial charge < -0.3 is 18.9 Å². The van der Waals surface area contributed by atoms with E-state index in [-0.39, 0.29) is 26.1 Å².